The lowest BCUT2D eigenvalue weighted by Crippen LogP contribution is -2.54. The van der Waals surface area contributed by atoms with Crippen molar-refractivity contribution in [1.82, 2.24) is 9.88 Å². The van der Waals surface area contributed by atoms with Gasteiger partial charge in [-0.15, -0.1) is 0 Å². The van der Waals surface area contributed by atoms with Gasteiger partial charge in [0.25, 0.3) is 11.8 Å². The summed E-state index contributed by atoms with van der Waals surface area (Å²) in [6, 6.07) is 24.9. The van der Waals surface area contributed by atoms with Crippen molar-refractivity contribution in [3.63, 3.8) is 0 Å². The minimum Gasteiger partial charge on any atom is -0.313 e. The molecule has 0 saturated carbocycles. The third kappa shape index (κ3) is 4.21. The first-order valence-electron chi connectivity index (χ1n) is 11.0. The molecular weight excluding hydrogens is 497 g/mol. The smallest absolute Gasteiger partial charge is 0.313 e. The van der Waals surface area contributed by atoms with Gasteiger partial charge in [-0.25, -0.2) is 9.69 Å². The monoisotopic (exact) mass is 515 g/mol. The van der Waals surface area contributed by atoms with E-state index >= 15 is 0 Å². The van der Waals surface area contributed by atoms with Crippen LogP contribution in [0.3, 0.4) is 0 Å². The maximum Gasteiger partial charge on any atom is 0.335 e. The SMILES string of the molecule is Cc1cc(/C=C2\C(=O)NC(=O)N(c3ccc(Cl)c(Cl)c3)C2=O)c(-c2ccccc2)n1-c1ccccc1. The first-order valence-corrected chi connectivity index (χ1v) is 11.8. The van der Waals surface area contributed by atoms with E-state index in [1.807, 2.05) is 73.7 Å². The quantitative estimate of drug-likeness (QED) is 0.251. The zero-order valence-electron chi connectivity index (χ0n) is 19.0. The van der Waals surface area contributed by atoms with Gasteiger partial charge in [-0.2, -0.15) is 0 Å². The molecule has 1 aromatic heterocycles. The molecule has 2 heterocycles. The number of nitrogens with one attached hydrogen (secondary N) is 1. The summed E-state index contributed by atoms with van der Waals surface area (Å²) in [7, 11) is 0. The highest BCUT2D eigenvalue weighted by Crippen LogP contribution is 2.34. The molecule has 6 nitrogen and oxygen atoms in total. The zero-order chi connectivity index (χ0) is 25.4. The average Bonchev–Trinajstić information content (AvgIpc) is 3.20. The number of imide groups is 2. The summed E-state index contributed by atoms with van der Waals surface area (Å²) in [6.45, 7) is 1.95. The molecule has 0 bridgehead atoms. The fourth-order valence-corrected chi connectivity index (χ4v) is 4.54. The van der Waals surface area contributed by atoms with Crippen LogP contribution in [0, 0.1) is 6.92 Å². The molecule has 178 valence electrons. The Morgan fingerprint density at radius 2 is 1.44 bits per heavy atom. The molecule has 1 saturated heterocycles. The van der Waals surface area contributed by atoms with Crippen molar-refractivity contribution in [1.29, 1.82) is 0 Å². The highest BCUT2D eigenvalue weighted by molar-refractivity contribution is 6.43. The molecule has 0 radical (unpaired) electrons. The first kappa shape index (κ1) is 23.6. The van der Waals surface area contributed by atoms with Crippen molar-refractivity contribution in [3.05, 3.63) is 112 Å². The molecule has 4 amide bonds. The molecule has 1 aliphatic heterocycles. The fourth-order valence-electron chi connectivity index (χ4n) is 4.25. The van der Waals surface area contributed by atoms with Gasteiger partial charge in [0, 0.05) is 16.9 Å². The number of carbonyl (C=O) groups is 3. The van der Waals surface area contributed by atoms with Crippen LogP contribution in [0.1, 0.15) is 11.3 Å². The second kappa shape index (κ2) is 9.49. The van der Waals surface area contributed by atoms with Crippen LogP contribution in [0.15, 0.2) is 90.5 Å². The number of halogens is 2. The van der Waals surface area contributed by atoms with Crippen LogP contribution in [0.25, 0.3) is 23.0 Å². The molecule has 0 aliphatic carbocycles. The molecule has 0 spiro atoms. The number of amides is 4. The highest BCUT2D eigenvalue weighted by atomic mass is 35.5. The Bertz CT molecular complexity index is 1540. The second-order valence-corrected chi connectivity index (χ2v) is 9.00. The summed E-state index contributed by atoms with van der Waals surface area (Å²) in [5.74, 6) is -1.53. The lowest BCUT2D eigenvalue weighted by atomic mass is 10.0. The number of rotatable bonds is 4. The van der Waals surface area contributed by atoms with Gasteiger partial charge in [0.05, 0.1) is 21.4 Å². The summed E-state index contributed by atoms with van der Waals surface area (Å²) < 4.78 is 2.06. The molecule has 5 rings (SSSR count). The van der Waals surface area contributed by atoms with Crippen LogP contribution in [0.4, 0.5) is 10.5 Å². The minimum absolute atomic E-state index is 0.178. The number of anilines is 1. The topological polar surface area (TPSA) is 71.4 Å². The van der Waals surface area contributed by atoms with Crippen LogP contribution in [-0.2, 0) is 9.59 Å². The summed E-state index contributed by atoms with van der Waals surface area (Å²) >= 11 is 12.1. The number of benzene rings is 3. The third-order valence-corrected chi connectivity index (χ3v) is 6.58. The van der Waals surface area contributed by atoms with Crippen molar-refractivity contribution < 1.29 is 14.4 Å². The molecule has 8 heteroatoms. The zero-order valence-corrected chi connectivity index (χ0v) is 20.5. The number of urea groups is 1. The van der Waals surface area contributed by atoms with Gasteiger partial charge in [-0.05, 0) is 55.0 Å². The number of aryl methyl sites for hydroxylation is 1. The van der Waals surface area contributed by atoms with Crippen molar-refractivity contribution >= 4 is 52.8 Å². The first-order chi connectivity index (χ1) is 17.3. The Balaban J connectivity index is 1.67. The van der Waals surface area contributed by atoms with Crippen LogP contribution in [-0.4, -0.2) is 22.4 Å². The minimum atomic E-state index is -0.859. The summed E-state index contributed by atoms with van der Waals surface area (Å²) in [5.41, 5.74) is 4.24. The molecular formula is C28H19Cl2N3O3. The lowest BCUT2D eigenvalue weighted by molar-refractivity contribution is -0.122. The van der Waals surface area contributed by atoms with E-state index in [1.54, 1.807) is 0 Å². The van der Waals surface area contributed by atoms with Crippen LogP contribution in [0.2, 0.25) is 10.0 Å². The Hall–Kier alpha value is -4.13. The van der Waals surface area contributed by atoms with Gasteiger partial charge in [-0.3, -0.25) is 14.9 Å². The van der Waals surface area contributed by atoms with E-state index in [0.29, 0.717) is 5.56 Å². The van der Waals surface area contributed by atoms with E-state index in [0.717, 1.165) is 27.5 Å². The predicted octanol–water partition coefficient (Wildman–Crippen LogP) is 6.43. The maximum atomic E-state index is 13.5. The molecule has 1 fully saturated rings. The van der Waals surface area contributed by atoms with Gasteiger partial charge in [0.2, 0.25) is 0 Å². The summed E-state index contributed by atoms with van der Waals surface area (Å²) in [6.07, 6.45) is 1.52. The third-order valence-electron chi connectivity index (χ3n) is 5.84. The van der Waals surface area contributed by atoms with Gasteiger partial charge >= 0.3 is 6.03 Å². The van der Waals surface area contributed by atoms with Crippen LogP contribution < -0.4 is 10.2 Å². The van der Waals surface area contributed by atoms with E-state index in [-0.39, 0.29) is 21.3 Å². The molecule has 4 aromatic rings. The molecule has 1 N–H and O–H groups in total. The molecule has 0 atom stereocenters. The number of carbonyl (C=O) groups excluding carboxylic acids is 3. The molecule has 36 heavy (non-hydrogen) atoms. The second-order valence-electron chi connectivity index (χ2n) is 8.18. The average molecular weight is 516 g/mol. The Morgan fingerprint density at radius 3 is 2.11 bits per heavy atom. The molecule has 1 aliphatic rings. The Morgan fingerprint density at radius 1 is 0.778 bits per heavy atom. The van der Waals surface area contributed by atoms with E-state index in [2.05, 4.69) is 9.88 Å². The Kier molecular flexibility index (Phi) is 6.22. The number of aromatic nitrogens is 1. The van der Waals surface area contributed by atoms with Crippen molar-refractivity contribution in [2.24, 2.45) is 0 Å². The number of barbiturate groups is 1. The fraction of sp³-hybridized carbons (Fsp3) is 0.0357. The summed E-state index contributed by atoms with van der Waals surface area (Å²) in [5, 5.41) is 2.71. The number of para-hydroxylation sites is 1. The normalized spacial score (nSPS) is 14.9. The lowest BCUT2D eigenvalue weighted by Gasteiger charge is -2.26. The molecule has 3 aromatic carbocycles. The highest BCUT2D eigenvalue weighted by Gasteiger charge is 2.37. The van der Waals surface area contributed by atoms with E-state index < -0.39 is 17.8 Å². The summed E-state index contributed by atoms with van der Waals surface area (Å²) in [4.78, 5) is 39.8. The van der Waals surface area contributed by atoms with Crippen molar-refractivity contribution in [3.8, 4) is 16.9 Å². The van der Waals surface area contributed by atoms with Gasteiger partial charge in [0.1, 0.15) is 5.57 Å². The molecule has 0 unspecified atom stereocenters. The standard InChI is InChI=1S/C28H19Cl2N3O3/c1-17-14-19(25(18-8-4-2-5-9-18)32(17)20-10-6-3-7-11-20)15-22-26(34)31-28(36)33(27(22)35)21-12-13-23(29)24(30)16-21/h2-16H,1H3,(H,31,34,36)/b22-15+. The van der Waals surface area contributed by atoms with Gasteiger partial charge in [-0.1, -0.05) is 71.7 Å². The van der Waals surface area contributed by atoms with E-state index in [1.165, 1.54) is 24.3 Å². The van der Waals surface area contributed by atoms with Crippen LogP contribution in [0.5, 0.6) is 0 Å². The number of nitrogens with zero attached hydrogens (tertiary/aromatic N) is 2. The predicted molar refractivity (Wildman–Crippen MR) is 141 cm³/mol. The van der Waals surface area contributed by atoms with Crippen molar-refractivity contribution in [2.75, 3.05) is 4.90 Å². The van der Waals surface area contributed by atoms with E-state index in [9.17, 15) is 14.4 Å². The number of hydrogen-bond acceptors (Lipinski definition) is 3. The largest absolute Gasteiger partial charge is 0.335 e. The van der Waals surface area contributed by atoms with Crippen molar-refractivity contribution in [2.45, 2.75) is 6.92 Å². The van der Waals surface area contributed by atoms with Crippen LogP contribution >= 0.6 is 23.2 Å². The number of hydrogen-bond donors (Lipinski definition) is 1. The maximum absolute atomic E-state index is 13.5. The van der Waals surface area contributed by atoms with Gasteiger partial charge in [0.15, 0.2) is 0 Å². The van der Waals surface area contributed by atoms with Gasteiger partial charge < -0.3 is 4.57 Å². The van der Waals surface area contributed by atoms with E-state index in [4.69, 9.17) is 23.2 Å². The Labute approximate surface area is 217 Å².